The second-order valence-corrected chi connectivity index (χ2v) is 6.87. The lowest BCUT2D eigenvalue weighted by molar-refractivity contribution is -0.120. The third-order valence-corrected chi connectivity index (χ3v) is 5.11. The van der Waals surface area contributed by atoms with Gasteiger partial charge in [-0.25, -0.2) is 18.0 Å². The predicted molar refractivity (Wildman–Crippen MR) is 91.3 cm³/mol. The van der Waals surface area contributed by atoms with Gasteiger partial charge in [-0.15, -0.1) is 0 Å². The van der Waals surface area contributed by atoms with E-state index in [4.69, 9.17) is 0 Å². The van der Waals surface area contributed by atoms with E-state index in [0.717, 1.165) is 6.07 Å². The van der Waals surface area contributed by atoms with Crippen molar-refractivity contribution in [1.29, 1.82) is 0 Å². The molecule has 1 atom stereocenters. The van der Waals surface area contributed by atoms with Crippen LogP contribution in [0.1, 0.15) is 24.3 Å². The molecule has 144 valence electrons. The molecule has 1 aromatic heterocycles. The van der Waals surface area contributed by atoms with Gasteiger partial charge < -0.3 is 5.32 Å². The standard InChI is InChI=1S/C17H18F3N5O2/c1-24-13-7-9(11-2-4-21-8-17(11,19)20)12(18)6-10(13)15(23-24)25-5-3-14(26)22-16(25)27/h6-7,11,21H,2-5,8H2,1H3,(H,22,26,27). The van der Waals surface area contributed by atoms with Crippen molar-refractivity contribution in [2.24, 2.45) is 7.05 Å². The second kappa shape index (κ2) is 6.22. The van der Waals surface area contributed by atoms with Crippen LogP contribution in [0.3, 0.4) is 0 Å². The lowest BCUT2D eigenvalue weighted by Crippen LogP contribution is -2.49. The quantitative estimate of drug-likeness (QED) is 0.833. The van der Waals surface area contributed by atoms with Gasteiger partial charge in [-0.05, 0) is 30.7 Å². The first-order valence-electron chi connectivity index (χ1n) is 8.64. The largest absolute Gasteiger partial charge is 0.329 e. The number of alkyl halides is 2. The van der Waals surface area contributed by atoms with Crippen LogP contribution in [0.4, 0.5) is 23.8 Å². The number of amides is 3. The summed E-state index contributed by atoms with van der Waals surface area (Å²) in [6, 6.07) is 1.90. The zero-order valence-corrected chi connectivity index (χ0v) is 14.6. The van der Waals surface area contributed by atoms with Crippen LogP contribution < -0.4 is 15.5 Å². The number of carbonyl (C=O) groups excluding carboxylic acids is 2. The molecular weight excluding hydrogens is 363 g/mol. The summed E-state index contributed by atoms with van der Waals surface area (Å²) in [7, 11) is 1.60. The molecule has 3 amide bonds. The van der Waals surface area contributed by atoms with E-state index in [0.29, 0.717) is 17.4 Å². The van der Waals surface area contributed by atoms with Gasteiger partial charge in [0, 0.05) is 25.4 Å². The summed E-state index contributed by atoms with van der Waals surface area (Å²) >= 11 is 0. The Morgan fingerprint density at radius 1 is 1.30 bits per heavy atom. The fourth-order valence-electron chi connectivity index (χ4n) is 3.73. The number of hydrogen-bond donors (Lipinski definition) is 2. The van der Waals surface area contributed by atoms with Gasteiger partial charge in [0.05, 0.1) is 18.0 Å². The first-order chi connectivity index (χ1) is 12.8. The molecule has 3 heterocycles. The molecule has 0 aliphatic carbocycles. The average Bonchev–Trinajstić information content (AvgIpc) is 2.90. The Bertz CT molecular complexity index is 942. The van der Waals surface area contributed by atoms with Gasteiger partial charge in [0.15, 0.2) is 5.82 Å². The van der Waals surface area contributed by atoms with Crippen molar-refractivity contribution in [2.45, 2.75) is 24.7 Å². The molecule has 1 unspecified atom stereocenters. The molecule has 0 spiro atoms. The summed E-state index contributed by atoms with van der Waals surface area (Å²) < 4.78 is 44.8. The summed E-state index contributed by atoms with van der Waals surface area (Å²) in [5, 5.41) is 9.41. The maximum absolute atomic E-state index is 14.8. The number of piperidine rings is 1. The van der Waals surface area contributed by atoms with Crippen molar-refractivity contribution >= 4 is 28.7 Å². The number of halogens is 3. The SMILES string of the molecule is Cn1nc(N2CCC(=O)NC2=O)c2cc(F)c(C3CCNCC3(F)F)cc21. The van der Waals surface area contributed by atoms with E-state index in [9.17, 15) is 22.8 Å². The van der Waals surface area contributed by atoms with Gasteiger partial charge in [-0.2, -0.15) is 5.10 Å². The molecule has 10 heteroatoms. The molecule has 2 aliphatic heterocycles. The van der Waals surface area contributed by atoms with E-state index in [1.807, 2.05) is 0 Å². The van der Waals surface area contributed by atoms with Crippen molar-refractivity contribution < 1.29 is 22.8 Å². The van der Waals surface area contributed by atoms with E-state index in [2.05, 4.69) is 15.7 Å². The van der Waals surface area contributed by atoms with Gasteiger partial charge in [0.2, 0.25) is 5.91 Å². The summed E-state index contributed by atoms with van der Waals surface area (Å²) in [6.45, 7) is 0.0105. The highest BCUT2D eigenvalue weighted by Crippen LogP contribution is 2.41. The number of urea groups is 1. The minimum absolute atomic E-state index is 0.0539. The number of aryl methyl sites for hydroxylation is 1. The van der Waals surface area contributed by atoms with Crippen molar-refractivity contribution in [3.63, 3.8) is 0 Å². The van der Waals surface area contributed by atoms with Gasteiger partial charge in [-0.3, -0.25) is 19.7 Å². The zero-order chi connectivity index (χ0) is 19.3. The highest BCUT2D eigenvalue weighted by atomic mass is 19.3. The summed E-state index contributed by atoms with van der Waals surface area (Å²) in [5.74, 6) is -5.23. The van der Waals surface area contributed by atoms with E-state index in [1.54, 1.807) is 7.05 Å². The number of benzene rings is 1. The Labute approximate surface area is 152 Å². The molecule has 4 rings (SSSR count). The molecule has 2 fully saturated rings. The average molecular weight is 381 g/mol. The molecular formula is C17H18F3N5O2. The van der Waals surface area contributed by atoms with Crippen molar-refractivity contribution in [1.82, 2.24) is 20.4 Å². The highest BCUT2D eigenvalue weighted by Gasteiger charge is 2.44. The normalized spacial score (nSPS) is 23.0. The van der Waals surface area contributed by atoms with Crippen LogP contribution in [0, 0.1) is 5.82 Å². The topological polar surface area (TPSA) is 79.3 Å². The first-order valence-corrected chi connectivity index (χ1v) is 8.64. The molecule has 0 saturated carbocycles. The zero-order valence-electron chi connectivity index (χ0n) is 14.6. The Morgan fingerprint density at radius 2 is 2.07 bits per heavy atom. The van der Waals surface area contributed by atoms with E-state index in [-0.39, 0.29) is 30.8 Å². The Hall–Kier alpha value is -2.62. The lowest BCUT2D eigenvalue weighted by Gasteiger charge is -2.32. The van der Waals surface area contributed by atoms with E-state index in [1.165, 1.54) is 15.6 Å². The molecule has 2 N–H and O–H groups in total. The summed E-state index contributed by atoms with van der Waals surface area (Å²) in [6.07, 6.45) is 0.225. The number of hydrogen-bond acceptors (Lipinski definition) is 4. The van der Waals surface area contributed by atoms with Gasteiger partial charge in [0.25, 0.3) is 5.92 Å². The van der Waals surface area contributed by atoms with Crippen LogP contribution in [0.2, 0.25) is 0 Å². The molecule has 0 radical (unpaired) electrons. The summed E-state index contributed by atoms with van der Waals surface area (Å²) in [4.78, 5) is 24.7. The number of anilines is 1. The van der Waals surface area contributed by atoms with Gasteiger partial charge in [0.1, 0.15) is 5.82 Å². The molecule has 0 bridgehead atoms. The Kier molecular flexibility index (Phi) is 4.10. The minimum atomic E-state index is -3.05. The molecule has 2 aliphatic rings. The van der Waals surface area contributed by atoms with Crippen LogP contribution in [-0.2, 0) is 11.8 Å². The van der Waals surface area contributed by atoms with Crippen molar-refractivity contribution in [2.75, 3.05) is 24.5 Å². The first kappa shape index (κ1) is 17.8. The number of imide groups is 1. The molecule has 2 aromatic rings. The fraction of sp³-hybridized carbons (Fsp3) is 0.471. The van der Waals surface area contributed by atoms with Gasteiger partial charge >= 0.3 is 6.03 Å². The van der Waals surface area contributed by atoms with Crippen LogP contribution in [0.15, 0.2) is 12.1 Å². The number of nitrogens with zero attached hydrogens (tertiary/aromatic N) is 3. The number of rotatable bonds is 2. The third kappa shape index (κ3) is 2.93. The van der Waals surface area contributed by atoms with Crippen LogP contribution in [0.5, 0.6) is 0 Å². The molecule has 2 saturated heterocycles. The van der Waals surface area contributed by atoms with E-state index >= 15 is 0 Å². The number of carbonyl (C=O) groups is 2. The van der Waals surface area contributed by atoms with Crippen molar-refractivity contribution in [3.05, 3.63) is 23.5 Å². The third-order valence-electron chi connectivity index (χ3n) is 5.11. The Balaban J connectivity index is 1.79. The molecule has 7 nitrogen and oxygen atoms in total. The molecule has 1 aromatic carbocycles. The number of nitrogens with one attached hydrogen (secondary N) is 2. The smallest absolute Gasteiger partial charge is 0.311 e. The fourth-order valence-corrected chi connectivity index (χ4v) is 3.73. The summed E-state index contributed by atoms with van der Waals surface area (Å²) in [5.41, 5.74) is 0.391. The maximum Gasteiger partial charge on any atom is 0.329 e. The monoisotopic (exact) mass is 381 g/mol. The van der Waals surface area contributed by atoms with Crippen LogP contribution in [0.25, 0.3) is 10.9 Å². The number of fused-ring (bicyclic) bond motifs is 1. The minimum Gasteiger partial charge on any atom is -0.311 e. The Morgan fingerprint density at radius 3 is 2.78 bits per heavy atom. The second-order valence-electron chi connectivity index (χ2n) is 6.87. The van der Waals surface area contributed by atoms with E-state index < -0.39 is 36.1 Å². The van der Waals surface area contributed by atoms with Crippen molar-refractivity contribution in [3.8, 4) is 0 Å². The number of aromatic nitrogens is 2. The lowest BCUT2D eigenvalue weighted by atomic mass is 9.86. The predicted octanol–water partition coefficient (Wildman–Crippen LogP) is 1.87. The molecule has 27 heavy (non-hydrogen) atoms. The maximum atomic E-state index is 14.8. The highest BCUT2D eigenvalue weighted by molar-refractivity contribution is 6.08. The van der Waals surface area contributed by atoms with Crippen LogP contribution >= 0.6 is 0 Å². The van der Waals surface area contributed by atoms with Crippen LogP contribution in [-0.4, -0.2) is 47.3 Å². The van der Waals surface area contributed by atoms with Gasteiger partial charge in [-0.1, -0.05) is 0 Å².